The van der Waals surface area contributed by atoms with Gasteiger partial charge in [-0.3, -0.25) is 4.57 Å². The number of nitrogens with zero attached hydrogens (tertiary/aromatic N) is 3. The standard InChI is InChI=1S/C12H16N4O5S2/c1-2-20-9-7-8(14-11(13)15-9)16(12(22)23-7)10-6(19)5(18)4(3-17)21-10/h4-6,10,17-19H,2-3H2,1H3,(H2,13,14,15)/t4-,5-,6-,10-/m1/s1. The van der Waals surface area contributed by atoms with Gasteiger partial charge < -0.3 is 30.5 Å². The summed E-state index contributed by atoms with van der Waals surface area (Å²) in [7, 11) is 0. The molecule has 4 atom stereocenters. The molecule has 0 unspecified atom stereocenters. The van der Waals surface area contributed by atoms with Crippen molar-refractivity contribution in [1.29, 1.82) is 0 Å². The predicted octanol–water partition coefficient (Wildman–Crippen LogP) is -0.185. The van der Waals surface area contributed by atoms with E-state index < -0.39 is 31.1 Å². The number of thiazole rings is 1. The van der Waals surface area contributed by atoms with E-state index in [2.05, 4.69) is 9.97 Å². The summed E-state index contributed by atoms with van der Waals surface area (Å²) < 4.78 is 13.4. The number of fused-ring (bicyclic) bond motifs is 1. The quantitative estimate of drug-likeness (QED) is 0.547. The third-order valence-electron chi connectivity index (χ3n) is 3.50. The number of hydrogen-bond acceptors (Lipinski definition) is 10. The van der Waals surface area contributed by atoms with E-state index in [1.165, 1.54) is 15.9 Å². The number of rotatable bonds is 4. The molecule has 0 saturated carbocycles. The maximum Gasteiger partial charge on any atom is 0.238 e. The summed E-state index contributed by atoms with van der Waals surface area (Å²) in [5.41, 5.74) is 6.06. The zero-order valence-corrected chi connectivity index (χ0v) is 13.8. The van der Waals surface area contributed by atoms with Gasteiger partial charge in [-0.1, -0.05) is 11.3 Å². The van der Waals surface area contributed by atoms with Crippen LogP contribution < -0.4 is 10.5 Å². The van der Waals surface area contributed by atoms with Crippen molar-refractivity contribution in [3.05, 3.63) is 3.95 Å². The predicted molar refractivity (Wildman–Crippen MR) is 84.8 cm³/mol. The third kappa shape index (κ3) is 2.69. The summed E-state index contributed by atoms with van der Waals surface area (Å²) in [5, 5.41) is 29.3. The first-order valence-corrected chi connectivity index (χ1v) is 8.14. The van der Waals surface area contributed by atoms with Crippen LogP contribution in [0.25, 0.3) is 10.3 Å². The molecule has 9 nitrogen and oxygen atoms in total. The highest BCUT2D eigenvalue weighted by molar-refractivity contribution is 7.73. The van der Waals surface area contributed by atoms with Gasteiger partial charge in [0.1, 0.15) is 23.0 Å². The average molecular weight is 360 g/mol. The first-order valence-electron chi connectivity index (χ1n) is 6.91. The molecule has 2 aromatic heterocycles. The lowest BCUT2D eigenvalue weighted by Gasteiger charge is -2.17. The minimum absolute atomic E-state index is 0.00533. The number of anilines is 1. The first kappa shape index (κ1) is 16.5. The van der Waals surface area contributed by atoms with E-state index in [0.29, 0.717) is 26.8 Å². The monoisotopic (exact) mass is 360 g/mol. The molecule has 2 aromatic rings. The topological polar surface area (TPSA) is 136 Å². The molecule has 1 aliphatic rings. The van der Waals surface area contributed by atoms with Crippen molar-refractivity contribution < 1.29 is 24.8 Å². The molecule has 5 N–H and O–H groups in total. The van der Waals surface area contributed by atoms with Gasteiger partial charge in [0.2, 0.25) is 11.8 Å². The number of nitrogens with two attached hydrogens (primary N) is 1. The lowest BCUT2D eigenvalue weighted by atomic mass is 10.1. The Kier molecular flexibility index (Phi) is 4.49. The minimum Gasteiger partial charge on any atom is -0.477 e. The Morgan fingerprint density at radius 1 is 1.39 bits per heavy atom. The summed E-state index contributed by atoms with van der Waals surface area (Å²) in [6.45, 7) is 1.78. The largest absolute Gasteiger partial charge is 0.477 e. The number of aromatic nitrogens is 3. The van der Waals surface area contributed by atoms with Crippen LogP contribution in [0, 0.1) is 3.95 Å². The van der Waals surface area contributed by atoms with Gasteiger partial charge in [-0.25, -0.2) is 0 Å². The second-order valence-electron chi connectivity index (χ2n) is 4.94. The van der Waals surface area contributed by atoms with Gasteiger partial charge in [0.15, 0.2) is 15.8 Å². The highest BCUT2D eigenvalue weighted by Gasteiger charge is 2.44. The second-order valence-corrected chi connectivity index (χ2v) is 6.58. The lowest BCUT2D eigenvalue weighted by Crippen LogP contribution is -2.33. The summed E-state index contributed by atoms with van der Waals surface area (Å²) in [4.78, 5) is 8.19. The molecule has 0 amide bonds. The Balaban J connectivity index is 2.15. The highest BCUT2D eigenvalue weighted by Crippen LogP contribution is 2.37. The zero-order chi connectivity index (χ0) is 16.7. The number of aliphatic hydroxyl groups is 3. The average Bonchev–Trinajstić information content (AvgIpc) is 2.97. The molecule has 1 aliphatic heterocycles. The summed E-state index contributed by atoms with van der Waals surface area (Å²) in [6.07, 6.45) is -4.37. The molecule has 0 bridgehead atoms. The van der Waals surface area contributed by atoms with E-state index >= 15 is 0 Å². The van der Waals surface area contributed by atoms with E-state index in [9.17, 15) is 15.3 Å². The maximum atomic E-state index is 10.2. The van der Waals surface area contributed by atoms with Gasteiger partial charge in [0.25, 0.3) is 0 Å². The van der Waals surface area contributed by atoms with Gasteiger partial charge in [-0.2, -0.15) is 9.97 Å². The maximum absolute atomic E-state index is 10.2. The molecule has 0 aliphatic carbocycles. The van der Waals surface area contributed by atoms with E-state index in [1.807, 2.05) is 6.92 Å². The van der Waals surface area contributed by atoms with Crippen molar-refractivity contribution in [3.8, 4) is 5.88 Å². The molecular weight excluding hydrogens is 344 g/mol. The minimum atomic E-state index is -1.26. The van der Waals surface area contributed by atoms with Crippen molar-refractivity contribution in [2.75, 3.05) is 18.9 Å². The van der Waals surface area contributed by atoms with Crippen molar-refractivity contribution >= 4 is 39.9 Å². The van der Waals surface area contributed by atoms with Crippen molar-refractivity contribution in [3.63, 3.8) is 0 Å². The molecular formula is C12H16N4O5S2. The van der Waals surface area contributed by atoms with Crippen LogP contribution in [0.4, 0.5) is 5.95 Å². The molecule has 23 heavy (non-hydrogen) atoms. The fourth-order valence-corrected chi connectivity index (χ4v) is 3.79. The van der Waals surface area contributed by atoms with Gasteiger partial charge in [0.05, 0.1) is 13.2 Å². The summed E-state index contributed by atoms with van der Waals surface area (Å²) in [5.74, 6) is 0.297. The fraction of sp³-hybridized carbons (Fsp3) is 0.583. The molecule has 0 spiro atoms. The Morgan fingerprint density at radius 3 is 2.74 bits per heavy atom. The van der Waals surface area contributed by atoms with Crippen LogP contribution in [0.15, 0.2) is 0 Å². The molecule has 1 fully saturated rings. The van der Waals surface area contributed by atoms with Gasteiger partial charge in [-0.15, -0.1) is 0 Å². The normalized spacial score (nSPS) is 27.7. The molecule has 0 radical (unpaired) electrons. The molecule has 126 valence electrons. The molecule has 0 aromatic carbocycles. The fourth-order valence-electron chi connectivity index (χ4n) is 2.46. The third-order valence-corrected chi connectivity index (χ3v) is 4.88. The Morgan fingerprint density at radius 2 is 2.13 bits per heavy atom. The van der Waals surface area contributed by atoms with Gasteiger partial charge in [0, 0.05) is 0 Å². The Bertz CT molecular complexity index is 779. The van der Waals surface area contributed by atoms with Crippen LogP contribution in [-0.4, -0.2) is 61.4 Å². The number of ether oxygens (including phenoxy) is 2. The zero-order valence-electron chi connectivity index (χ0n) is 12.1. The number of hydrogen-bond donors (Lipinski definition) is 4. The van der Waals surface area contributed by atoms with Crippen LogP contribution in [0.3, 0.4) is 0 Å². The molecule has 3 rings (SSSR count). The van der Waals surface area contributed by atoms with Gasteiger partial charge in [-0.05, 0) is 19.1 Å². The molecule has 3 heterocycles. The van der Waals surface area contributed by atoms with Crippen molar-refractivity contribution in [2.45, 2.75) is 31.5 Å². The van der Waals surface area contributed by atoms with E-state index in [0.717, 1.165) is 0 Å². The van der Waals surface area contributed by atoms with Crippen molar-refractivity contribution in [1.82, 2.24) is 14.5 Å². The Labute approximate surface area is 139 Å². The van der Waals surface area contributed by atoms with E-state index in [4.69, 9.17) is 27.4 Å². The summed E-state index contributed by atoms with van der Waals surface area (Å²) in [6, 6.07) is 0. The van der Waals surface area contributed by atoms with Crippen LogP contribution in [0.5, 0.6) is 5.88 Å². The smallest absolute Gasteiger partial charge is 0.238 e. The van der Waals surface area contributed by atoms with Crippen LogP contribution in [0.2, 0.25) is 0 Å². The number of aliphatic hydroxyl groups excluding tert-OH is 3. The first-order chi connectivity index (χ1) is 11.0. The van der Waals surface area contributed by atoms with E-state index in [1.54, 1.807) is 0 Å². The van der Waals surface area contributed by atoms with Gasteiger partial charge >= 0.3 is 0 Å². The highest BCUT2D eigenvalue weighted by atomic mass is 32.1. The van der Waals surface area contributed by atoms with Crippen LogP contribution >= 0.6 is 23.6 Å². The molecule has 1 saturated heterocycles. The Hall–Kier alpha value is -1.37. The SMILES string of the molecule is CCOc1nc(N)nc2c1sc(=S)n2[C@@H]1O[C@H](CO)[C@@H](O)[C@H]1O. The van der Waals surface area contributed by atoms with Crippen molar-refractivity contribution in [2.24, 2.45) is 0 Å². The summed E-state index contributed by atoms with van der Waals surface area (Å²) >= 11 is 6.52. The van der Waals surface area contributed by atoms with E-state index in [-0.39, 0.29) is 5.95 Å². The molecule has 11 heteroatoms. The second kappa shape index (κ2) is 6.26. The lowest BCUT2D eigenvalue weighted by molar-refractivity contribution is -0.0511. The van der Waals surface area contributed by atoms with Crippen LogP contribution in [0.1, 0.15) is 13.2 Å². The number of nitrogen functional groups attached to an aromatic ring is 1. The van der Waals surface area contributed by atoms with Crippen LogP contribution in [-0.2, 0) is 4.74 Å².